The summed E-state index contributed by atoms with van der Waals surface area (Å²) in [6, 6.07) is 5.55. The van der Waals surface area contributed by atoms with E-state index in [-0.39, 0.29) is 6.10 Å². The van der Waals surface area contributed by atoms with Crippen molar-refractivity contribution in [2.24, 2.45) is 5.10 Å². The molecule has 6 nitrogen and oxygen atoms in total. The smallest absolute Gasteiger partial charge is 0.187 e. The first-order valence-corrected chi connectivity index (χ1v) is 7.54. The fraction of sp³-hybridized carbons (Fsp3) is 0.467. The van der Waals surface area contributed by atoms with Crippen LogP contribution >= 0.6 is 12.2 Å². The third-order valence-corrected chi connectivity index (χ3v) is 3.54. The largest absolute Gasteiger partial charge is 0.493 e. The van der Waals surface area contributed by atoms with Gasteiger partial charge in [-0.2, -0.15) is 5.10 Å². The van der Waals surface area contributed by atoms with Gasteiger partial charge in [0.05, 0.1) is 26.5 Å². The Kier molecular flexibility index (Phi) is 6.42. The molecule has 2 rings (SSSR count). The molecule has 1 saturated heterocycles. The molecule has 7 heteroatoms. The van der Waals surface area contributed by atoms with E-state index >= 15 is 0 Å². The second-order valence-corrected chi connectivity index (χ2v) is 5.24. The minimum Gasteiger partial charge on any atom is -0.493 e. The van der Waals surface area contributed by atoms with Crippen molar-refractivity contribution in [1.29, 1.82) is 0 Å². The SMILES string of the molecule is COc1ccc(/C=N/NC(=S)NCC2CCCO2)cc1OC. The molecule has 1 fully saturated rings. The second kappa shape index (κ2) is 8.55. The van der Waals surface area contributed by atoms with E-state index in [0.29, 0.717) is 23.2 Å². The number of hydrazone groups is 1. The lowest BCUT2D eigenvalue weighted by molar-refractivity contribution is 0.114. The van der Waals surface area contributed by atoms with E-state index < -0.39 is 0 Å². The molecule has 1 atom stereocenters. The number of hydrogen-bond donors (Lipinski definition) is 2. The lowest BCUT2D eigenvalue weighted by atomic mass is 10.2. The van der Waals surface area contributed by atoms with Gasteiger partial charge in [-0.15, -0.1) is 0 Å². The molecule has 0 radical (unpaired) electrons. The van der Waals surface area contributed by atoms with Crippen LogP contribution in [0.15, 0.2) is 23.3 Å². The number of rotatable bonds is 6. The summed E-state index contributed by atoms with van der Waals surface area (Å²) in [5, 5.41) is 7.67. The molecule has 0 saturated carbocycles. The van der Waals surface area contributed by atoms with Crippen molar-refractivity contribution in [3.05, 3.63) is 23.8 Å². The molecule has 1 aliphatic heterocycles. The van der Waals surface area contributed by atoms with Crippen LogP contribution in [0, 0.1) is 0 Å². The zero-order valence-corrected chi connectivity index (χ0v) is 13.6. The van der Waals surface area contributed by atoms with Gasteiger partial charge < -0.3 is 19.5 Å². The van der Waals surface area contributed by atoms with Crippen LogP contribution in [0.2, 0.25) is 0 Å². The molecule has 0 spiro atoms. The quantitative estimate of drug-likeness (QED) is 0.472. The molecule has 1 aliphatic rings. The number of hydrogen-bond acceptors (Lipinski definition) is 5. The third kappa shape index (κ3) is 4.85. The van der Waals surface area contributed by atoms with Gasteiger partial charge in [-0.25, -0.2) is 0 Å². The molecule has 0 amide bonds. The van der Waals surface area contributed by atoms with Crippen molar-refractivity contribution in [1.82, 2.24) is 10.7 Å². The summed E-state index contributed by atoms with van der Waals surface area (Å²) in [7, 11) is 3.20. The van der Waals surface area contributed by atoms with Crippen LogP contribution in [-0.4, -0.2) is 44.8 Å². The first kappa shape index (κ1) is 16.5. The molecular formula is C15H21N3O3S. The van der Waals surface area contributed by atoms with Crippen LogP contribution in [0.4, 0.5) is 0 Å². The minimum absolute atomic E-state index is 0.245. The maximum absolute atomic E-state index is 5.51. The fourth-order valence-electron chi connectivity index (χ4n) is 2.15. The third-order valence-electron chi connectivity index (χ3n) is 3.30. The first-order valence-electron chi connectivity index (χ1n) is 7.13. The van der Waals surface area contributed by atoms with Gasteiger partial charge in [0, 0.05) is 13.2 Å². The highest BCUT2D eigenvalue weighted by atomic mass is 32.1. The number of benzene rings is 1. The van der Waals surface area contributed by atoms with Crippen LogP contribution in [0.1, 0.15) is 18.4 Å². The molecule has 1 aromatic carbocycles. The fourth-order valence-corrected chi connectivity index (χ4v) is 2.29. The van der Waals surface area contributed by atoms with Gasteiger partial charge in [-0.05, 0) is 48.8 Å². The lowest BCUT2D eigenvalue weighted by Crippen LogP contribution is -2.37. The van der Waals surface area contributed by atoms with E-state index in [4.69, 9.17) is 26.4 Å². The van der Waals surface area contributed by atoms with Gasteiger partial charge in [0.25, 0.3) is 0 Å². The van der Waals surface area contributed by atoms with Crippen molar-refractivity contribution in [3.8, 4) is 11.5 Å². The van der Waals surface area contributed by atoms with Crippen LogP contribution in [0.3, 0.4) is 0 Å². The topological polar surface area (TPSA) is 64.1 Å². The predicted molar refractivity (Wildman–Crippen MR) is 89.9 cm³/mol. The zero-order valence-electron chi connectivity index (χ0n) is 12.8. The second-order valence-electron chi connectivity index (χ2n) is 4.83. The molecule has 0 aliphatic carbocycles. The molecule has 2 N–H and O–H groups in total. The van der Waals surface area contributed by atoms with E-state index in [1.807, 2.05) is 18.2 Å². The first-order chi connectivity index (χ1) is 10.7. The van der Waals surface area contributed by atoms with Crippen LogP contribution in [0.5, 0.6) is 11.5 Å². The Morgan fingerprint density at radius 2 is 2.23 bits per heavy atom. The molecule has 1 unspecified atom stereocenters. The molecule has 1 heterocycles. The molecular weight excluding hydrogens is 302 g/mol. The molecule has 0 bridgehead atoms. The van der Waals surface area contributed by atoms with Gasteiger partial charge in [0.2, 0.25) is 0 Å². The lowest BCUT2D eigenvalue weighted by Gasteiger charge is -2.11. The number of methoxy groups -OCH3 is 2. The van der Waals surface area contributed by atoms with Crippen molar-refractivity contribution in [2.75, 3.05) is 27.4 Å². The Morgan fingerprint density at radius 3 is 2.91 bits per heavy atom. The van der Waals surface area contributed by atoms with Crippen LogP contribution in [0.25, 0.3) is 0 Å². The Balaban J connectivity index is 1.79. The Morgan fingerprint density at radius 1 is 1.41 bits per heavy atom. The maximum atomic E-state index is 5.51. The average Bonchev–Trinajstić information content (AvgIpc) is 3.06. The zero-order chi connectivity index (χ0) is 15.8. The van der Waals surface area contributed by atoms with Gasteiger partial charge in [0.15, 0.2) is 16.6 Å². The minimum atomic E-state index is 0.245. The standard InChI is InChI=1S/C15H21N3O3S/c1-19-13-6-5-11(8-14(13)20-2)9-17-18-15(22)16-10-12-4-3-7-21-12/h5-6,8-9,12H,3-4,7,10H2,1-2H3,(H2,16,18,22)/b17-9+. The monoisotopic (exact) mass is 323 g/mol. The van der Waals surface area contributed by atoms with E-state index in [1.165, 1.54) is 0 Å². The summed E-state index contributed by atoms with van der Waals surface area (Å²) in [4.78, 5) is 0. The Bertz CT molecular complexity index is 531. The van der Waals surface area contributed by atoms with E-state index in [9.17, 15) is 0 Å². The summed E-state index contributed by atoms with van der Waals surface area (Å²) in [5.74, 6) is 1.34. The average molecular weight is 323 g/mol. The van der Waals surface area contributed by atoms with Gasteiger partial charge >= 0.3 is 0 Å². The Labute approximate surface area is 135 Å². The molecule has 0 aromatic heterocycles. The maximum Gasteiger partial charge on any atom is 0.187 e. The van der Waals surface area contributed by atoms with Crippen LogP contribution in [-0.2, 0) is 4.74 Å². The molecule has 1 aromatic rings. The number of nitrogens with zero attached hydrogens (tertiary/aromatic N) is 1. The van der Waals surface area contributed by atoms with E-state index in [1.54, 1.807) is 20.4 Å². The van der Waals surface area contributed by atoms with Crippen LogP contribution < -0.4 is 20.2 Å². The van der Waals surface area contributed by atoms with Crippen molar-refractivity contribution in [3.63, 3.8) is 0 Å². The van der Waals surface area contributed by atoms with Crippen molar-refractivity contribution >= 4 is 23.5 Å². The predicted octanol–water partition coefficient (Wildman–Crippen LogP) is 1.68. The van der Waals surface area contributed by atoms with E-state index in [2.05, 4.69) is 15.8 Å². The summed E-state index contributed by atoms with van der Waals surface area (Å²) in [6.07, 6.45) is 4.10. The number of nitrogens with one attached hydrogen (secondary N) is 2. The number of thiocarbonyl (C=S) groups is 1. The highest BCUT2D eigenvalue weighted by Gasteiger charge is 2.14. The highest BCUT2D eigenvalue weighted by Crippen LogP contribution is 2.26. The highest BCUT2D eigenvalue weighted by molar-refractivity contribution is 7.80. The number of ether oxygens (including phenoxy) is 3. The van der Waals surface area contributed by atoms with Gasteiger partial charge in [0.1, 0.15) is 0 Å². The van der Waals surface area contributed by atoms with Gasteiger partial charge in [-0.1, -0.05) is 0 Å². The summed E-state index contributed by atoms with van der Waals surface area (Å²) in [5.41, 5.74) is 3.66. The molecule has 120 valence electrons. The molecule has 22 heavy (non-hydrogen) atoms. The van der Waals surface area contributed by atoms with Crippen molar-refractivity contribution < 1.29 is 14.2 Å². The summed E-state index contributed by atoms with van der Waals surface area (Å²) in [6.45, 7) is 1.54. The van der Waals surface area contributed by atoms with Gasteiger partial charge in [-0.3, -0.25) is 5.43 Å². The van der Waals surface area contributed by atoms with Crippen molar-refractivity contribution in [2.45, 2.75) is 18.9 Å². The normalized spacial score (nSPS) is 17.5. The summed E-state index contributed by atoms with van der Waals surface area (Å²) < 4.78 is 15.9. The Hall–Kier alpha value is -1.86. The summed E-state index contributed by atoms with van der Waals surface area (Å²) >= 11 is 5.16. The van der Waals surface area contributed by atoms with E-state index in [0.717, 1.165) is 25.0 Å².